The summed E-state index contributed by atoms with van der Waals surface area (Å²) in [4.78, 5) is 0. The highest BCUT2D eigenvalue weighted by Gasteiger charge is 2.20. The minimum absolute atomic E-state index is 0.151. The summed E-state index contributed by atoms with van der Waals surface area (Å²) in [7, 11) is -3.26. The summed E-state index contributed by atoms with van der Waals surface area (Å²) in [5.74, 6) is 0.151. The van der Waals surface area contributed by atoms with Gasteiger partial charge in [-0.1, -0.05) is 22.0 Å². The Balaban J connectivity index is 1.86. The zero-order valence-electron chi connectivity index (χ0n) is 10.9. The summed E-state index contributed by atoms with van der Waals surface area (Å²) in [5, 5.41) is 3.31. The van der Waals surface area contributed by atoms with Crippen LogP contribution in [0.4, 0.5) is 5.69 Å². The molecule has 0 spiro atoms. The number of hydrogen-bond acceptors (Lipinski definition) is 3. The van der Waals surface area contributed by atoms with Crippen LogP contribution in [0.2, 0.25) is 0 Å². The summed E-state index contributed by atoms with van der Waals surface area (Å²) in [6.45, 7) is 2.65. The van der Waals surface area contributed by atoms with E-state index in [1.54, 1.807) is 6.07 Å². The quantitative estimate of drug-likeness (QED) is 0.746. The van der Waals surface area contributed by atoms with Crippen LogP contribution in [0.25, 0.3) is 0 Å². The molecule has 0 amide bonds. The van der Waals surface area contributed by atoms with Crippen molar-refractivity contribution < 1.29 is 8.42 Å². The molecule has 0 aliphatic heterocycles. The molecule has 1 fully saturated rings. The van der Waals surface area contributed by atoms with Crippen LogP contribution >= 0.6 is 15.9 Å². The molecule has 1 saturated carbocycles. The fourth-order valence-corrected chi connectivity index (χ4v) is 3.34. The summed E-state index contributed by atoms with van der Waals surface area (Å²) < 4.78 is 27.5. The third kappa shape index (κ3) is 4.78. The van der Waals surface area contributed by atoms with Gasteiger partial charge in [0.15, 0.2) is 0 Å². The molecule has 0 radical (unpaired) electrons. The number of anilines is 1. The van der Waals surface area contributed by atoms with Crippen molar-refractivity contribution in [3.05, 3.63) is 28.2 Å². The van der Waals surface area contributed by atoms with E-state index < -0.39 is 10.0 Å². The van der Waals surface area contributed by atoms with E-state index in [0.717, 1.165) is 16.6 Å². The first kappa shape index (κ1) is 14.8. The molecule has 2 N–H and O–H groups in total. The van der Waals surface area contributed by atoms with Crippen LogP contribution in [0, 0.1) is 6.92 Å². The first-order chi connectivity index (χ1) is 8.98. The molecule has 0 bridgehead atoms. The van der Waals surface area contributed by atoms with Crippen LogP contribution in [0.5, 0.6) is 0 Å². The molecule has 1 aromatic carbocycles. The molecule has 2 rings (SSSR count). The molecule has 106 valence electrons. The number of sulfonamides is 1. The Morgan fingerprint density at radius 1 is 1.37 bits per heavy atom. The Bertz CT molecular complexity index is 542. The zero-order valence-corrected chi connectivity index (χ0v) is 13.4. The molecule has 1 aliphatic carbocycles. The van der Waals surface area contributed by atoms with Gasteiger partial charge in [-0.3, -0.25) is 4.72 Å². The van der Waals surface area contributed by atoms with E-state index in [1.807, 2.05) is 19.1 Å². The van der Waals surface area contributed by atoms with Gasteiger partial charge in [-0.15, -0.1) is 0 Å². The van der Waals surface area contributed by atoms with Crippen LogP contribution in [-0.2, 0) is 10.0 Å². The number of hydrogen-bond donors (Lipinski definition) is 2. The van der Waals surface area contributed by atoms with Gasteiger partial charge < -0.3 is 5.32 Å². The first-order valence-corrected chi connectivity index (χ1v) is 8.91. The molecule has 4 nitrogen and oxygen atoms in total. The fourth-order valence-electron chi connectivity index (χ4n) is 1.79. The maximum atomic E-state index is 12.0. The molecule has 6 heteroatoms. The minimum atomic E-state index is -3.26. The Morgan fingerprint density at radius 3 is 2.79 bits per heavy atom. The highest BCUT2D eigenvalue weighted by molar-refractivity contribution is 9.10. The molecule has 0 atom stereocenters. The van der Waals surface area contributed by atoms with Gasteiger partial charge >= 0.3 is 0 Å². The number of halogens is 1. The van der Waals surface area contributed by atoms with Crippen LogP contribution in [0.1, 0.15) is 24.8 Å². The van der Waals surface area contributed by atoms with Crippen molar-refractivity contribution in [1.82, 2.24) is 5.32 Å². The highest BCUT2D eigenvalue weighted by Crippen LogP contribution is 2.24. The van der Waals surface area contributed by atoms with Crippen molar-refractivity contribution in [2.24, 2.45) is 0 Å². The maximum Gasteiger partial charge on any atom is 0.232 e. The van der Waals surface area contributed by atoms with E-state index in [1.165, 1.54) is 12.8 Å². The molecule has 0 heterocycles. The standard InChI is InChI=1S/C13H19BrN2O2S/c1-10-12(14)4-2-5-13(10)16-19(17,18)9-3-8-15-11-6-7-11/h2,4-5,11,15-16H,3,6-9H2,1H3. The molecule has 1 aliphatic rings. The summed E-state index contributed by atoms with van der Waals surface area (Å²) >= 11 is 3.40. The lowest BCUT2D eigenvalue weighted by Crippen LogP contribution is -2.23. The monoisotopic (exact) mass is 346 g/mol. The van der Waals surface area contributed by atoms with Crippen molar-refractivity contribution in [2.75, 3.05) is 17.0 Å². The lowest BCUT2D eigenvalue weighted by atomic mass is 10.2. The van der Waals surface area contributed by atoms with Crippen LogP contribution in [0.15, 0.2) is 22.7 Å². The van der Waals surface area contributed by atoms with Gasteiger partial charge in [0, 0.05) is 10.5 Å². The summed E-state index contributed by atoms with van der Waals surface area (Å²) in [6.07, 6.45) is 3.09. The summed E-state index contributed by atoms with van der Waals surface area (Å²) in [5.41, 5.74) is 1.55. The molecule has 1 aromatic rings. The van der Waals surface area contributed by atoms with E-state index in [9.17, 15) is 8.42 Å². The first-order valence-electron chi connectivity index (χ1n) is 6.47. The topological polar surface area (TPSA) is 58.2 Å². The fraction of sp³-hybridized carbons (Fsp3) is 0.538. The molecule has 0 saturated heterocycles. The largest absolute Gasteiger partial charge is 0.314 e. The van der Waals surface area contributed by atoms with Crippen LogP contribution in [0.3, 0.4) is 0 Å². The number of rotatable bonds is 7. The average molecular weight is 347 g/mol. The smallest absolute Gasteiger partial charge is 0.232 e. The predicted molar refractivity (Wildman–Crippen MR) is 81.9 cm³/mol. The van der Waals surface area contributed by atoms with Crippen molar-refractivity contribution in [1.29, 1.82) is 0 Å². The maximum absolute atomic E-state index is 12.0. The lowest BCUT2D eigenvalue weighted by Gasteiger charge is -2.11. The number of nitrogens with one attached hydrogen (secondary N) is 2. The second kappa shape index (κ2) is 6.24. The van der Waals surface area contributed by atoms with Gasteiger partial charge in [0.2, 0.25) is 10.0 Å². The second-order valence-electron chi connectivity index (χ2n) is 4.92. The normalized spacial score (nSPS) is 15.5. The Hall–Kier alpha value is -0.590. The van der Waals surface area contributed by atoms with Crippen molar-refractivity contribution >= 4 is 31.6 Å². The summed E-state index contributed by atoms with van der Waals surface area (Å²) in [6, 6.07) is 6.12. The lowest BCUT2D eigenvalue weighted by molar-refractivity contribution is 0.593. The average Bonchev–Trinajstić information content (AvgIpc) is 3.15. The van der Waals surface area contributed by atoms with Gasteiger partial charge in [0.1, 0.15) is 0 Å². The third-order valence-corrected chi connectivity index (χ3v) is 5.35. The van der Waals surface area contributed by atoms with Gasteiger partial charge in [0.05, 0.1) is 11.4 Å². The van der Waals surface area contributed by atoms with Crippen molar-refractivity contribution in [2.45, 2.75) is 32.2 Å². The van der Waals surface area contributed by atoms with Crippen molar-refractivity contribution in [3.8, 4) is 0 Å². The Labute approximate surface area is 123 Å². The van der Waals surface area contributed by atoms with Crippen molar-refractivity contribution in [3.63, 3.8) is 0 Å². The van der Waals surface area contributed by atoms with E-state index in [0.29, 0.717) is 18.2 Å². The Morgan fingerprint density at radius 2 is 2.11 bits per heavy atom. The van der Waals surface area contributed by atoms with E-state index >= 15 is 0 Å². The SMILES string of the molecule is Cc1c(Br)cccc1NS(=O)(=O)CCCNC1CC1. The zero-order chi connectivity index (χ0) is 13.9. The van der Waals surface area contributed by atoms with Crippen LogP contribution in [-0.4, -0.2) is 26.8 Å². The van der Waals surface area contributed by atoms with E-state index in [2.05, 4.69) is 26.0 Å². The second-order valence-corrected chi connectivity index (χ2v) is 7.61. The third-order valence-electron chi connectivity index (χ3n) is 3.13. The van der Waals surface area contributed by atoms with E-state index in [-0.39, 0.29) is 5.75 Å². The predicted octanol–water partition coefficient (Wildman–Crippen LogP) is 2.64. The minimum Gasteiger partial charge on any atom is -0.314 e. The van der Waals surface area contributed by atoms with Gasteiger partial charge in [-0.2, -0.15) is 0 Å². The molecule has 19 heavy (non-hydrogen) atoms. The molecule has 0 unspecified atom stereocenters. The molecular formula is C13H19BrN2O2S. The van der Waals surface area contributed by atoms with Gasteiger partial charge in [0.25, 0.3) is 0 Å². The molecule has 0 aromatic heterocycles. The number of benzene rings is 1. The van der Waals surface area contributed by atoms with Gasteiger partial charge in [-0.25, -0.2) is 8.42 Å². The van der Waals surface area contributed by atoms with Crippen LogP contribution < -0.4 is 10.0 Å². The Kier molecular flexibility index (Phi) is 4.86. The van der Waals surface area contributed by atoms with Gasteiger partial charge in [-0.05, 0) is 50.4 Å². The highest BCUT2D eigenvalue weighted by atomic mass is 79.9. The van der Waals surface area contributed by atoms with E-state index in [4.69, 9.17) is 0 Å². The molecular weight excluding hydrogens is 328 g/mol.